The van der Waals surface area contributed by atoms with Crippen LogP contribution in [-0.4, -0.2) is 183 Å². The first-order valence-corrected chi connectivity index (χ1v) is 22.7. The van der Waals surface area contributed by atoms with Gasteiger partial charge in [-0.3, -0.25) is 18.6 Å². The third-order valence-electron chi connectivity index (χ3n) is 11.1. The van der Waals surface area contributed by atoms with Gasteiger partial charge in [0.1, 0.15) is 24.4 Å². The molecule has 66 heavy (non-hydrogen) atoms. The van der Waals surface area contributed by atoms with Gasteiger partial charge in [0.05, 0.1) is 50.2 Å². The maximum Gasteiger partial charge on any atom is 0.474 e. The molecule has 8 unspecified atom stereocenters. The van der Waals surface area contributed by atoms with Gasteiger partial charge >= 0.3 is 19.9 Å². The van der Waals surface area contributed by atoms with E-state index in [0.717, 1.165) is 31.8 Å². The second kappa shape index (κ2) is 26.3. The van der Waals surface area contributed by atoms with Crippen LogP contribution in [0.3, 0.4) is 0 Å². The number of carbonyl (C=O) groups is 4. The van der Waals surface area contributed by atoms with E-state index in [4.69, 9.17) is 54.7 Å². The fourth-order valence-corrected chi connectivity index (χ4v) is 8.17. The van der Waals surface area contributed by atoms with Crippen LogP contribution < -0.4 is 22.5 Å². The molecule has 25 nitrogen and oxygen atoms in total. The van der Waals surface area contributed by atoms with Crippen LogP contribution in [0.1, 0.15) is 66.7 Å². The second-order valence-corrected chi connectivity index (χ2v) is 18.1. The van der Waals surface area contributed by atoms with Gasteiger partial charge in [-0.05, 0) is 59.8 Å². The minimum absolute atomic E-state index is 0.155. The zero-order valence-electron chi connectivity index (χ0n) is 37.4. The van der Waals surface area contributed by atoms with Crippen molar-refractivity contribution >= 4 is 31.7 Å². The van der Waals surface area contributed by atoms with Crippen LogP contribution in [0.4, 0.5) is 4.79 Å². The van der Waals surface area contributed by atoms with Crippen LogP contribution in [0.25, 0.3) is 0 Å². The monoisotopic (exact) mass is 970 g/mol. The Bertz CT molecular complexity index is 1760. The predicted molar refractivity (Wildman–Crippen MR) is 226 cm³/mol. The van der Waals surface area contributed by atoms with Crippen LogP contribution in [-0.2, 0) is 56.4 Å². The number of amides is 3. The van der Waals surface area contributed by atoms with Crippen molar-refractivity contribution in [3.8, 4) is 0 Å². The van der Waals surface area contributed by atoms with E-state index in [1.54, 1.807) is 6.08 Å². The Morgan fingerprint density at radius 3 is 2.06 bits per heavy atom. The lowest BCUT2D eigenvalue weighted by Gasteiger charge is -2.48. The molecule has 26 heteroatoms. The lowest BCUT2D eigenvalue weighted by Crippen LogP contribution is -2.70. The molecular weight excluding hydrogens is 903 g/mol. The summed E-state index contributed by atoms with van der Waals surface area (Å²) in [6.07, 6.45) is -16.8. The zero-order chi connectivity index (χ0) is 49.6. The van der Waals surface area contributed by atoms with Gasteiger partial charge in [0, 0.05) is 19.4 Å². The first-order valence-electron chi connectivity index (χ1n) is 21.2. The Kier molecular flexibility index (Phi) is 22.7. The summed E-state index contributed by atoms with van der Waals surface area (Å²) < 4.78 is 57.1. The maximum atomic E-state index is 13.5. The Morgan fingerprint density at radius 2 is 1.48 bits per heavy atom. The Balaban J connectivity index is 1.84. The molecule has 3 aliphatic rings. The molecule has 15 N–H and O–H groups in total. The highest BCUT2D eigenvalue weighted by atomic mass is 31.2. The van der Waals surface area contributed by atoms with Gasteiger partial charge in [-0.15, -0.1) is 0 Å². The number of carboxylic acid groups (broad SMARTS) is 1. The van der Waals surface area contributed by atoms with Gasteiger partial charge in [0.25, 0.3) is 0 Å². The molecular formula is C40H67N4O21P. The van der Waals surface area contributed by atoms with Crippen LogP contribution in [0.2, 0.25) is 0 Å². The van der Waals surface area contributed by atoms with E-state index in [1.165, 1.54) is 11.1 Å². The number of carbonyl (C=O) groups excluding carboxylic acids is 3. The zero-order valence-corrected chi connectivity index (χ0v) is 38.3. The lowest BCUT2D eigenvalue weighted by atomic mass is 9.81. The molecule has 1 saturated carbocycles. The molecule has 0 radical (unpaired) electrons. The van der Waals surface area contributed by atoms with Crippen molar-refractivity contribution < 1.29 is 102 Å². The second-order valence-electron chi connectivity index (χ2n) is 16.7. The van der Waals surface area contributed by atoms with E-state index in [2.05, 4.69) is 17.5 Å². The summed E-state index contributed by atoms with van der Waals surface area (Å²) in [6.45, 7) is 6.44. The molecule has 3 rings (SSSR count). The number of aliphatic hydroxyl groups excluding tert-OH is 6. The molecule has 2 heterocycles. The number of primary amides is 2. The number of ether oxygens (including phenoxy) is 6. The number of nitrogens with two attached hydrogens (primary N) is 3. The SMILES string of the molecule is CC(=O)N[C@H]1C(N)[C@H](O)C(CO[C@@H]2CC(CO)[C@@H](O)C(O)[C@@H]2O)O[C@H]1OC1[C@H](OP(=O)(O)OC[C@@H](OC/C=C(/C)CC/C=C(\C)CCC=C(C)C)C(=O)O)OC(C(N)=O)C(O)[C@@H]1OC(N)=O. The summed E-state index contributed by atoms with van der Waals surface area (Å²) >= 11 is 0. The first-order chi connectivity index (χ1) is 30.9. The number of hydrogen-bond donors (Lipinski definition) is 12. The van der Waals surface area contributed by atoms with Gasteiger partial charge in [-0.25, -0.2) is 14.2 Å². The number of phosphoric acid groups is 1. The minimum atomic E-state index is -5.55. The molecule has 3 amide bonds. The number of carboxylic acids is 1. The Labute approximate surface area is 381 Å². The van der Waals surface area contributed by atoms with Crippen molar-refractivity contribution in [2.45, 2.75) is 159 Å². The van der Waals surface area contributed by atoms with Crippen LogP contribution in [0.5, 0.6) is 0 Å². The van der Waals surface area contributed by atoms with Gasteiger partial charge in [0.2, 0.25) is 11.8 Å². The van der Waals surface area contributed by atoms with E-state index in [1.807, 2.05) is 27.7 Å². The van der Waals surface area contributed by atoms with Crippen molar-refractivity contribution in [2.24, 2.45) is 23.1 Å². The molecule has 2 saturated heterocycles. The molecule has 0 bridgehead atoms. The standard InChI is InChI=1S/C40H67N4O21P/c1-18(2)8-6-9-19(3)10-7-11-20(4)12-13-58-25(37(53)54)17-60-66(56,57)65-39-35(33(64-40(43)55)32(51)34(62-39)36(42)52)63-38-27(44-21(5)46)26(41)29(48)24(61-38)16-59-23-14-22(15-45)28(47)31(50)30(23)49/h8,10,12,22-35,38-39,45,47-51H,6-7,9,11,13-17,41H2,1-5H3,(H2,42,52)(H2,43,55)(H,44,46)(H,53,54)(H,56,57)/b19-10+,20-12-/t22?,23-,24?,25-,26?,27+,28-,29-,30-,31?,32?,33+,34?,35?,38+,39+/m1/s1. The average Bonchev–Trinajstić information content (AvgIpc) is 3.22. The molecule has 17 atom stereocenters. The van der Waals surface area contributed by atoms with E-state index in [9.17, 15) is 64.4 Å². The van der Waals surface area contributed by atoms with Gasteiger partial charge in [0.15, 0.2) is 37.0 Å². The van der Waals surface area contributed by atoms with Crippen LogP contribution in [0.15, 0.2) is 34.9 Å². The normalized spacial score (nSPS) is 34.4. The molecule has 3 fully saturated rings. The summed E-state index contributed by atoms with van der Waals surface area (Å²) in [5, 5.41) is 75.2. The third kappa shape index (κ3) is 16.9. The van der Waals surface area contributed by atoms with E-state index >= 15 is 0 Å². The molecule has 0 aromatic heterocycles. The number of rotatable bonds is 24. The summed E-state index contributed by atoms with van der Waals surface area (Å²) in [6, 6.07) is -3.03. The molecule has 0 spiro atoms. The molecule has 2 aliphatic heterocycles. The predicted octanol–water partition coefficient (Wildman–Crippen LogP) is -2.17. The van der Waals surface area contributed by atoms with Crippen molar-refractivity contribution in [2.75, 3.05) is 26.4 Å². The topological polar surface area (TPSA) is 411 Å². The number of hydrogen-bond acceptors (Lipinski definition) is 20. The van der Waals surface area contributed by atoms with Gasteiger partial charge < -0.3 is 91.6 Å². The average molecular weight is 971 g/mol. The van der Waals surface area contributed by atoms with Crippen molar-refractivity contribution in [1.29, 1.82) is 0 Å². The van der Waals surface area contributed by atoms with Gasteiger partial charge in [-0.2, -0.15) is 0 Å². The highest BCUT2D eigenvalue weighted by Gasteiger charge is 2.56. The summed E-state index contributed by atoms with van der Waals surface area (Å²) in [5.41, 5.74) is 20.3. The van der Waals surface area contributed by atoms with Crippen LogP contribution >= 0.6 is 7.82 Å². The fraction of sp³-hybridized carbons (Fsp3) is 0.750. The summed E-state index contributed by atoms with van der Waals surface area (Å²) in [7, 11) is -5.55. The smallest absolute Gasteiger partial charge is 0.474 e. The molecule has 378 valence electrons. The van der Waals surface area contributed by atoms with Crippen LogP contribution in [0, 0.1) is 5.92 Å². The Morgan fingerprint density at radius 1 is 0.848 bits per heavy atom. The van der Waals surface area contributed by atoms with Crippen molar-refractivity contribution in [1.82, 2.24) is 5.32 Å². The van der Waals surface area contributed by atoms with Gasteiger partial charge in [-0.1, -0.05) is 34.9 Å². The highest BCUT2D eigenvalue weighted by molar-refractivity contribution is 7.47. The molecule has 0 aromatic carbocycles. The first kappa shape index (κ1) is 56.9. The Hall–Kier alpha value is -3.47. The van der Waals surface area contributed by atoms with Crippen molar-refractivity contribution in [3.05, 3.63) is 34.9 Å². The lowest BCUT2D eigenvalue weighted by molar-refractivity contribution is -0.333. The fourth-order valence-electron chi connectivity index (χ4n) is 7.35. The van der Waals surface area contributed by atoms with E-state index in [0.29, 0.717) is 6.42 Å². The number of aliphatic carboxylic acids is 1. The molecule has 0 aromatic rings. The summed E-state index contributed by atoms with van der Waals surface area (Å²) in [4.78, 5) is 59.8. The number of allylic oxidation sites excluding steroid dienone is 5. The number of phosphoric ester groups is 1. The maximum absolute atomic E-state index is 13.5. The van der Waals surface area contributed by atoms with Crippen molar-refractivity contribution in [3.63, 3.8) is 0 Å². The third-order valence-corrected chi connectivity index (χ3v) is 12.0. The highest BCUT2D eigenvalue weighted by Crippen LogP contribution is 2.47. The number of aliphatic hydroxyl groups is 6. The quantitative estimate of drug-likeness (QED) is 0.0362. The molecule has 1 aliphatic carbocycles. The van der Waals surface area contributed by atoms with E-state index in [-0.39, 0.29) is 13.0 Å². The van der Waals surface area contributed by atoms with E-state index < -0.39 is 149 Å². The summed E-state index contributed by atoms with van der Waals surface area (Å²) in [5.74, 6) is -4.66. The minimum Gasteiger partial charge on any atom is -0.479 e. The number of nitrogens with one attached hydrogen (secondary N) is 1. The largest absolute Gasteiger partial charge is 0.479 e.